The van der Waals surface area contributed by atoms with Gasteiger partial charge in [-0.05, 0) is 50.4 Å². The number of piperidine rings is 1. The van der Waals surface area contributed by atoms with E-state index >= 15 is 0 Å². The summed E-state index contributed by atoms with van der Waals surface area (Å²) in [6.45, 7) is 3.73. The van der Waals surface area contributed by atoms with Crippen LogP contribution < -0.4 is 5.73 Å². The molecule has 2 N–H and O–H groups in total. The molecule has 0 bridgehead atoms. The third-order valence-electron chi connectivity index (χ3n) is 4.36. The van der Waals surface area contributed by atoms with Gasteiger partial charge in [0.2, 0.25) is 10.0 Å². The molecule has 0 amide bonds. The molecule has 1 aliphatic heterocycles. The molecule has 140 valence electrons. The van der Waals surface area contributed by atoms with Crippen LogP contribution in [0.4, 0.5) is 0 Å². The van der Waals surface area contributed by atoms with Gasteiger partial charge in [-0.3, -0.25) is 0 Å². The van der Waals surface area contributed by atoms with E-state index in [0.29, 0.717) is 44.6 Å². The molecular weight excluding hydrogens is 344 g/mol. The molecule has 0 spiro atoms. The Morgan fingerprint density at radius 3 is 2.60 bits per heavy atom. The predicted molar refractivity (Wildman–Crippen MR) is 93.9 cm³/mol. The van der Waals surface area contributed by atoms with Gasteiger partial charge in [0.05, 0.1) is 23.7 Å². The number of hydrogen-bond donors (Lipinski definition) is 1. The third kappa shape index (κ3) is 4.78. The van der Waals surface area contributed by atoms with Crippen LogP contribution in [-0.2, 0) is 19.5 Å². The lowest BCUT2D eigenvalue weighted by atomic mass is 10.1. The van der Waals surface area contributed by atoms with E-state index in [-0.39, 0.29) is 16.6 Å². The molecule has 1 fully saturated rings. The molecule has 0 aliphatic carbocycles. The van der Waals surface area contributed by atoms with E-state index < -0.39 is 16.0 Å². The van der Waals surface area contributed by atoms with E-state index in [1.165, 1.54) is 23.5 Å². The number of esters is 1. The van der Waals surface area contributed by atoms with E-state index in [2.05, 4.69) is 0 Å². The zero-order valence-electron chi connectivity index (χ0n) is 14.7. The second-order valence-electron chi connectivity index (χ2n) is 6.08. The summed E-state index contributed by atoms with van der Waals surface area (Å²) in [5.74, 6) is -0.540. The van der Waals surface area contributed by atoms with Crippen molar-refractivity contribution in [3.63, 3.8) is 0 Å². The summed E-state index contributed by atoms with van der Waals surface area (Å²) < 4.78 is 37.6. The Hall–Kier alpha value is -1.48. The van der Waals surface area contributed by atoms with Crippen molar-refractivity contribution in [2.75, 3.05) is 33.4 Å². The van der Waals surface area contributed by atoms with Crippen LogP contribution in [0.3, 0.4) is 0 Å². The lowest BCUT2D eigenvalue weighted by Gasteiger charge is -2.31. The summed E-state index contributed by atoms with van der Waals surface area (Å²) in [4.78, 5) is 11.9. The summed E-state index contributed by atoms with van der Waals surface area (Å²) >= 11 is 0. The average Bonchev–Trinajstić information content (AvgIpc) is 2.62. The Bertz CT molecular complexity index is 697. The number of benzene rings is 1. The first-order valence-corrected chi connectivity index (χ1v) is 9.85. The van der Waals surface area contributed by atoms with Gasteiger partial charge < -0.3 is 15.2 Å². The lowest BCUT2D eigenvalue weighted by molar-refractivity contribution is 0.0209. The van der Waals surface area contributed by atoms with Gasteiger partial charge in [-0.1, -0.05) is 6.07 Å². The summed E-state index contributed by atoms with van der Waals surface area (Å²) in [6, 6.07) is 4.54. The first-order chi connectivity index (χ1) is 11.9. The van der Waals surface area contributed by atoms with Crippen molar-refractivity contribution in [2.45, 2.75) is 37.2 Å². The van der Waals surface area contributed by atoms with Gasteiger partial charge in [0.25, 0.3) is 0 Å². The number of carbonyl (C=O) groups excluding carboxylic acids is 1. The van der Waals surface area contributed by atoms with Gasteiger partial charge >= 0.3 is 5.97 Å². The van der Waals surface area contributed by atoms with Gasteiger partial charge in [0.15, 0.2) is 0 Å². The quantitative estimate of drug-likeness (QED) is 0.574. The van der Waals surface area contributed by atoms with Gasteiger partial charge in [0.1, 0.15) is 0 Å². The first-order valence-electron chi connectivity index (χ1n) is 8.41. The molecule has 0 atom stereocenters. The Kier molecular flexibility index (Phi) is 6.95. The molecule has 0 unspecified atom stereocenters. The number of carbonyl (C=O) groups is 1. The molecule has 1 aliphatic rings. The largest absolute Gasteiger partial charge is 0.465 e. The summed E-state index contributed by atoms with van der Waals surface area (Å²) in [5.41, 5.74) is 6.39. The fourth-order valence-corrected chi connectivity index (χ4v) is 4.31. The molecule has 1 aromatic carbocycles. The highest BCUT2D eigenvalue weighted by Gasteiger charge is 2.30. The van der Waals surface area contributed by atoms with Gasteiger partial charge in [0, 0.05) is 19.7 Å². The molecule has 0 aromatic heterocycles. The number of sulfonamides is 1. The average molecular weight is 370 g/mol. The fourth-order valence-electron chi connectivity index (χ4n) is 2.81. The van der Waals surface area contributed by atoms with Gasteiger partial charge in [-0.25, -0.2) is 13.2 Å². The minimum absolute atomic E-state index is 0.0710. The Morgan fingerprint density at radius 2 is 2.00 bits per heavy atom. The first kappa shape index (κ1) is 19.8. The van der Waals surface area contributed by atoms with Crippen LogP contribution in [-0.4, -0.2) is 58.1 Å². The molecule has 1 aromatic rings. The standard InChI is InChI=1S/C17H26N2O5S/c1-13-4-5-15(12-16(13)17(20)23-2)25(21,22)19-9-6-14(7-10-19)24-11-3-8-18/h4-5,12,14H,3,6-11,18H2,1-2H3. The number of ether oxygens (including phenoxy) is 2. The normalized spacial score (nSPS) is 16.8. The molecule has 1 heterocycles. The highest BCUT2D eigenvalue weighted by molar-refractivity contribution is 7.89. The number of nitrogens with zero attached hydrogens (tertiary/aromatic N) is 1. The number of aryl methyl sites for hydroxylation is 1. The van der Waals surface area contributed by atoms with E-state index in [0.717, 1.165) is 6.42 Å². The van der Waals surface area contributed by atoms with Crippen LogP contribution in [0.25, 0.3) is 0 Å². The molecule has 8 heteroatoms. The predicted octanol–water partition coefficient (Wildman–Crippen LogP) is 1.30. The Morgan fingerprint density at radius 1 is 1.32 bits per heavy atom. The molecule has 7 nitrogen and oxygen atoms in total. The maximum Gasteiger partial charge on any atom is 0.338 e. The number of nitrogens with two attached hydrogens (primary N) is 1. The molecule has 0 radical (unpaired) electrons. The molecule has 0 saturated carbocycles. The van der Waals surface area contributed by atoms with Crippen molar-refractivity contribution in [1.82, 2.24) is 4.31 Å². The highest BCUT2D eigenvalue weighted by Crippen LogP contribution is 2.24. The molecule has 2 rings (SSSR count). The Balaban J connectivity index is 2.08. The van der Waals surface area contributed by atoms with Crippen molar-refractivity contribution in [3.8, 4) is 0 Å². The Labute approximate surface area is 149 Å². The van der Waals surface area contributed by atoms with Crippen molar-refractivity contribution in [2.24, 2.45) is 5.73 Å². The van der Waals surface area contributed by atoms with E-state index in [4.69, 9.17) is 15.2 Å². The van der Waals surface area contributed by atoms with Gasteiger partial charge in [-0.2, -0.15) is 4.31 Å². The smallest absolute Gasteiger partial charge is 0.338 e. The zero-order chi connectivity index (χ0) is 18.4. The van der Waals surface area contributed by atoms with Crippen LogP contribution >= 0.6 is 0 Å². The van der Waals surface area contributed by atoms with Crippen LogP contribution in [0.5, 0.6) is 0 Å². The van der Waals surface area contributed by atoms with E-state index in [1.54, 1.807) is 13.0 Å². The van der Waals surface area contributed by atoms with Crippen LogP contribution in [0.1, 0.15) is 35.2 Å². The number of rotatable bonds is 7. The van der Waals surface area contributed by atoms with E-state index in [9.17, 15) is 13.2 Å². The second kappa shape index (κ2) is 8.75. The highest BCUT2D eigenvalue weighted by atomic mass is 32.2. The van der Waals surface area contributed by atoms with E-state index in [1.807, 2.05) is 0 Å². The fraction of sp³-hybridized carbons (Fsp3) is 0.588. The minimum Gasteiger partial charge on any atom is -0.465 e. The molecule has 25 heavy (non-hydrogen) atoms. The topological polar surface area (TPSA) is 98.9 Å². The van der Waals surface area contributed by atoms with Crippen molar-refractivity contribution in [3.05, 3.63) is 29.3 Å². The minimum atomic E-state index is -3.64. The molecule has 1 saturated heterocycles. The number of methoxy groups -OCH3 is 1. The van der Waals surface area contributed by atoms with Crippen LogP contribution in [0.15, 0.2) is 23.1 Å². The lowest BCUT2D eigenvalue weighted by Crippen LogP contribution is -2.41. The molecular formula is C17H26N2O5S. The summed E-state index contributed by atoms with van der Waals surface area (Å²) in [6.07, 6.45) is 2.18. The van der Waals surface area contributed by atoms with Crippen molar-refractivity contribution in [1.29, 1.82) is 0 Å². The maximum absolute atomic E-state index is 12.8. The third-order valence-corrected chi connectivity index (χ3v) is 6.25. The maximum atomic E-state index is 12.8. The summed E-state index contributed by atoms with van der Waals surface area (Å²) in [7, 11) is -2.37. The van der Waals surface area contributed by atoms with Gasteiger partial charge in [-0.15, -0.1) is 0 Å². The zero-order valence-corrected chi connectivity index (χ0v) is 15.5. The number of hydrogen-bond acceptors (Lipinski definition) is 6. The monoisotopic (exact) mass is 370 g/mol. The van der Waals surface area contributed by atoms with Crippen molar-refractivity contribution < 1.29 is 22.7 Å². The summed E-state index contributed by atoms with van der Waals surface area (Å²) in [5, 5.41) is 0. The van der Waals surface area contributed by atoms with Crippen LogP contribution in [0.2, 0.25) is 0 Å². The van der Waals surface area contributed by atoms with Crippen LogP contribution in [0, 0.1) is 6.92 Å². The SMILES string of the molecule is COC(=O)c1cc(S(=O)(=O)N2CCC(OCCCN)CC2)ccc1C. The van der Waals surface area contributed by atoms with Crippen molar-refractivity contribution >= 4 is 16.0 Å². The second-order valence-corrected chi connectivity index (χ2v) is 8.02.